The topological polar surface area (TPSA) is 70.9 Å². The van der Waals surface area contributed by atoms with Crippen LogP contribution >= 0.6 is 11.6 Å². The van der Waals surface area contributed by atoms with Gasteiger partial charge in [0.15, 0.2) is 11.5 Å². The van der Waals surface area contributed by atoms with Gasteiger partial charge in [-0.25, -0.2) is 9.82 Å². The highest BCUT2D eigenvalue weighted by atomic mass is 35.5. The Morgan fingerprint density at radius 1 is 1.38 bits per heavy atom. The Labute approximate surface area is 143 Å². The Morgan fingerprint density at radius 2 is 2.08 bits per heavy atom. The molecule has 0 aliphatic carbocycles. The summed E-state index contributed by atoms with van der Waals surface area (Å²) in [4.78, 5) is 11.8. The predicted octanol–water partition coefficient (Wildman–Crippen LogP) is 3.28. The number of amides is 1. The predicted molar refractivity (Wildman–Crippen MR) is 90.1 cm³/mol. The Hall–Kier alpha value is -2.60. The van der Waals surface area contributed by atoms with Gasteiger partial charge < -0.3 is 9.84 Å². The van der Waals surface area contributed by atoms with Crippen molar-refractivity contribution < 1.29 is 19.0 Å². The average Bonchev–Trinajstić information content (AvgIpc) is 2.54. The van der Waals surface area contributed by atoms with Crippen molar-refractivity contribution in [3.63, 3.8) is 0 Å². The molecule has 2 N–H and O–H groups in total. The minimum Gasteiger partial charge on any atom is -0.503 e. The van der Waals surface area contributed by atoms with Crippen molar-refractivity contribution in [2.45, 2.75) is 13.3 Å². The van der Waals surface area contributed by atoms with Gasteiger partial charge in [-0.15, -0.1) is 0 Å². The highest BCUT2D eigenvalue weighted by Gasteiger charge is 2.09. The number of nitrogens with zero attached hydrogens (tertiary/aromatic N) is 1. The first-order chi connectivity index (χ1) is 11.5. The maximum absolute atomic E-state index is 12.8. The molecule has 0 saturated carbocycles. The summed E-state index contributed by atoms with van der Waals surface area (Å²) in [6, 6.07) is 8.70. The fourth-order valence-electron chi connectivity index (χ4n) is 1.94. The molecule has 0 unspecified atom stereocenters. The number of aromatic hydroxyl groups is 1. The number of carbonyl (C=O) groups excluding carboxylic acids is 1. The molecule has 1 amide bonds. The van der Waals surface area contributed by atoms with E-state index in [0.29, 0.717) is 17.7 Å². The Kier molecular flexibility index (Phi) is 6.14. The van der Waals surface area contributed by atoms with E-state index in [0.717, 1.165) is 0 Å². The molecule has 2 rings (SSSR count). The molecule has 0 atom stereocenters. The number of halogens is 2. The zero-order chi connectivity index (χ0) is 17.5. The summed E-state index contributed by atoms with van der Waals surface area (Å²) in [5, 5.41) is 13.7. The van der Waals surface area contributed by atoms with E-state index in [1.807, 2.05) is 0 Å². The summed E-state index contributed by atoms with van der Waals surface area (Å²) in [5.74, 6) is -0.598. The molecule has 0 saturated heterocycles. The quantitative estimate of drug-likeness (QED) is 0.620. The van der Waals surface area contributed by atoms with E-state index in [9.17, 15) is 14.3 Å². The van der Waals surface area contributed by atoms with Gasteiger partial charge in [-0.2, -0.15) is 5.10 Å². The number of hydrogen-bond acceptors (Lipinski definition) is 4. The van der Waals surface area contributed by atoms with Gasteiger partial charge in [0.2, 0.25) is 5.91 Å². The molecule has 7 heteroatoms. The van der Waals surface area contributed by atoms with E-state index in [1.165, 1.54) is 36.5 Å². The molecule has 0 fully saturated rings. The van der Waals surface area contributed by atoms with Crippen LogP contribution in [0.1, 0.15) is 18.1 Å². The number of phenols is 1. The lowest BCUT2D eigenvalue weighted by molar-refractivity contribution is -0.120. The van der Waals surface area contributed by atoms with Crippen molar-refractivity contribution in [3.8, 4) is 11.5 Å². The van der Waals surface area contributed by atoms with Crippen molar-refractivity contribution in [1.82, 2.24) is 5.43 Å². The lowest BCUT2D eigenvalue weighted by Crippen LogP contribution is -2.19. The minimum atomic E-state index is -0.355. The number of hydrogen-bond donors (Lipinski definition) is 2. The molecule has 126 valence electrons. The van der Waals surface area contributed by atoms with Crippen molar-refractivity contribution in [2.75, 3.05) is 6.61 Å². The molecule has 0 spiro atoms. The number of ether oxygens (including phenoxy) is 1. The molecule has 0 aliphatic heterocycles. The third-order valence-corrected chi connectivity index (χ3v) is 3.32. The standard InChI is InChI=1S/C17H16ClFN2O3/c1-2-24-15-8-12(7-14(18)17(15)23)10-20-21-16(22)9-11-3-5-13(19)6-4-11/h3-8,10,23H,2,9H2,1H3,(H,21,22). The van der Waals surface area contributed by atoms with Gasteiger partial charge in [-0.3, -0.25) is 4.79 Å². The lowest BCUT2D eigenvalue weighted by atomic mass is 10.1. The van der Waals surface area contributed by atoms with Crippen LogP contribution in [0.25, 0.3) is 0 Å². The molecular formula is C17H16ClFN2O3. The summed E-state index contributed by atoms with van der Waals surface area (Å²) >= 11 is 5.91. The van der Waals surface area contributed by atoms with Crippen LogP contribution in [0.15, 0.2) is 41.5 Å². The molecule has 0 bridgehead atoms. The van der Waals surface area contributed by atoms with Gasteiger partial charge in [0.1, 0.15) is 5.82 Å². The van der Waals surface area contributed by atoms with E-state index in [2.05, 4.69) is 10.5 Å². The summed E-state index contributed by atoms with van der Waals surface area (Å²) < 4.78 is 18.1. The molecular weight excluding hydrogens is 335 g/mol. The van der Waals surface area contributed by atoms with Crippen LogP contribution in [0, 0.1) is 5.82 Å². The molecule has 2 aromatic carbocycles. The summed E-state index contributed by atoms with van der Waals surface area (Å²) in [7, 11) is 0. The fraction of sp³-hybridized carbons (Fsp3) is 0.176. The zero-order valence-electron chi connectivity index (χ0n) is 12.9. The first kappa shape index (κ1) is 17.7. The second-order valence-electron chi connectivity index (χ2n) is 4.88. The second-order valence-corrected chi connectivity index (χ2v) is 5.29. The van der Waals surface area contributed by atoms with Crippen LogP contribution < -0.4 is 10.2 Å². The maximum atomic E-state index is 12.8. The Morgan fingerprint density at radius 3 is 2.75 bits per heavy atom. The molecule has 24 heavy (non-hydrogen) atoms. The smallest absolute Gasteiger partial charge is 0.244 e. The van der Waals surface area contributed by atoms with Crippen LogP contribution in [0.2, 0.25) is 5.02 Å². The number of carbonyl (C=O) groups is 1. The van der Waals surface area contributed by atoms with Gasteiger partial charge in [0, 0.05) is 0 Å². The van der Waals surface area contributed by atoms with Crippen molar-refractivity contribution in [3.05, 3.63) is 58.4 Å². The van der Waals surface area contributed by atoms with E-state index < -0.39 is 0 Å². The largest absolute Gasteiger partial charge is 0.503 e. The van der Waals surface area contributed by atoms with Gasteiger partial charge in [-0.1, -0.05) is 23.7 Å². The zero-order valence-corrected chi connectivity index (χ0v) is 13.7. The molecule has 0 aromatic heterocycles. The van der Waals surface area contributed by atoms with Gasteiger partial charge in [-0.05, 0) is 42.3 Å². The van der Waals surface area contributed by atoms with Crippen LogP contribution in [-0.2, 0) is 11.2 Å². The van der Waals surface area contributed by atoms with E-state index in [-0.39, 0.29) is 34.7 Å². The second kappa shape index (κ2) is 8.31. The monoisotopic (exact) mass is 350 g/mol. The van der Waals surface area contributed by atoms with Crippen molar-refractivity contribution in [2.24, 2.45) is 5.10 Å². The highest BCUT2D eigenvalue weighted by molar-refractivity contribution is 6.32. The number of benzene rings is 2. The van der Waals surface area contributed by atoms with Crippen LogP contribution in [0.3, 0.4) is 0 Å². The van der Waals surface area contributed by atoms with Crippen molar-refractivity contribution >= 4 is 23.7 Å². The average molecular weight is 351 g/mol. The maximum Gasteiger partial charge on any atom is 0.244 e. The highest BCUT2D eigenvalue weighted by Crippen LogP contribution is 2.34. The van der Waals surface area contributed by atoms with E-state index >= 15 is 0 Å². The molecule has 0 radical (unpaired) electrons. The number of rotatable bonds is 6. The van der Waals surface area contributed by atoms with Crippen molar-refractivity contribution in [1.29, 1.82) is 0 Å². The van der Waals surface area contributed by atoms with E-state index in [4.69, 9.17) is 16.3 Å². The Bertz CT molecular complexity index is 748. The summed E-state index contributed by atoms with van der Waals surface area (Å²) in [5.41, 5.74) is 3.61. The first-order valence-corrected chi connectivity index (χ1v) is 7.59. The third-order valence-electron chi connectivity index (χ3n) is 3.03. The SMILES string of the molecule is CCOc1cc(C=NNC(=O)Cc2ccc(F)cc2)cc(Cl)c1O. The summed E-state index contributed by atoms with van der Waals surface area (Å²) in [6.45, 7) is 2.16. The number of phenolic OH excluding ortho intramolecular Hbond substituents is 1. The van der Waals surface area contributed by atoms with Gasteiger partial charge in [0.25, 0.3) is 0 Å². The van der Waals surface area contributed by atoms with Crippen LogP contribution in [-0.4, -0.2) is 23.8 Å². The normalized spacial score (nSPS) is 10.8. The first-order valence-electron chi connectivity index (χ1n) is 7.21. The van der Waals surface area contributed by atoms with Gasteiger partial charge >= 0.3 is 0 Å². The van der Waals surface area contributed by atoms with Gasteiger partial charge in [0.05, 0.1) is 24.3 Å². The van der Waals surface area contributed by atoms with Crippen LogP contribution in [0.4, 0.5) is 4.39 Å². The van der Waals surface area contributed by atoms with Crippen LogP contribution in [0.5, 0.6) is 11.5 Å². The molecule has 0 heterocycles. The molecule has 0 aliphatic rings. The number of nitrogens with one attached hydrogen (secondary N) is 1. The Balaban J connectivity index is 1.98. The molecule has 2 aromatic rings. The third kappa shape index (κ3) is 4.96. The minimum absolute atomic E-state index is 0.0815. The fourth-order valence-corrected chi connectivity index (χ4v) is 2.16. The number of hydrazone groups is 1. The molecule has 5 nitrogen and oxygen atoms in total. The van der Waals surface area contributed by atoms with E-state index in [1.54, 1.807) is 13.0 Å². The summed E-state index contributed by atoms with van der Waals surface area (Å²) in [6.07, 6.45) is 1.47. The lowest BCUT2D eigenvalue weighted by Gasteiger charge is -2.08.